The van der Waals surface area contributed by atoms with Gasteiger partial charge < -0.3 is 0 Å². The molecule has 1 heterocycles. The molecular weight excluding hydrogens is 437 g/mol. The highest BCUT2D eigenvalue weighted by atomic mass is 32.1. The quantitative estimate of drug-likeness (QED) is 0.230. The second-order valence-corrected chi connectivity index (χ2v) is 11.6. The Morgan fingerprint density at radius 2 is 1.03 bits per heavy atom. The molecule has 33 heavy (non-hydrogen) atoms. The minimum Gasteiger partial charge on any atom is -0.253 e. The van der Waals surface area contributed by atoms with E-state index >= 15 is 0 Å². The van der Waals surface area contributed by atoms with Gasteiger partial charge in [0.05, 0.1) is 12.7 Å². The van der Waals surface area contributed by atoms with E-state index in [0.29, 0.717) is 0 Å². The van der Waals surface area contributed by atoms with Gasteiger partial charge in [-0.25, -0.2) is 0 Å². The van der Waals surface area contributed by atoms with Crippen LogP contribution in [0, 0.1) is 0 Å². The van der Waals surface area contributed by atoms with Crippen molar-refractivity contribution in [3.05, 3.63) is 143 Å². The lowest BCUT2D eigenvalue weighted by Gasteiger charge is -2.27. The van der Waals surface area contributed by atoms with Gasteiger partial charge in [0.2, 0.25) is 0 Å². The van der Waals surface area contributed by atoms with Gasteiger partial charge in [0.1, 0.15) is 0 Å². The molecule has 0 aliphatic rings. The molecule has 0 saturated heterocycles. The third-order valence-corrected chi connectivity index (χ3v) is 10.0. The lowest BCUT2D eigenvalue weighted by Crippen LogP contribution is -2.25. The number of benzene rings is 4. The predicted octanol–water partition coefficient (Wildman–Crippen LogP) is 7.73. The van der Waals surface area contributed by atoms with Gasteiger partial charge in [-0.2, -0.15) is 0 Å². The second-order valence-electron chi connectivity index (χ2n) is 7.65. The predicted molar refractivity (Wildman–Crippen MR) is 147 cm³/mol. The van der Waals surface area contributed by atoms with Crippen LogP contribution >= 0.6 is 18.4 Å². The Hall–Kier alpha value is -3.45. The van der Waals surface area contributed by atoms with Crippen molar-refractivity contribution in [2.75, 3.05) is 0 Å². The van der Waals surface area contributed by atoms with Gasteiger partial charge in [-0.15, -0.1) is 11.3 Å². The Kier molecular flexibility index (Phi) is 6.48. The average molecular weight is 462 g/mol. The Labute approximate surface area is 199 Å². The van der Waals surface area contributed by atoms with Crippen LogP contribution in [0.3, 0.4) is 0 Å². The normalized spacial score (nSPS) is 11.5. The van der Waals surface area contributed by atoms with Crippen molar-refractivity contribution in [1.29, 1.82) is 0 Å². The fraction of sp³-hybridized carbons (Fsp3) is 0. The summed E-state index contributed by atoms with van der Waals surface area (Å²) >= 11 is 1.74. The maximum absolute atomic E-state index is 5.66. The molecule has 0 bridgehead atoms. The number of hydrogen-bond acceptors (Lipinski definition) is 2. The molecular formula is C30H24NPS. The van der Waals surface area contributed by atoms with E-state index in [1.807, 2.05) is 0 Å². The van der Waals surface area contributed by atoms with Crippen molar-refractivity contribution in [2.24, 2.45) is 4.74 Å². The Morgan fingerprint density at radius 1 is 0.515 bits per heavy atom. The van der Waals surface area contributed by atoms with Crippen LogP contribution in [0.1, 0.15) is 10.4 Å². The van der Waals surface area contributed by atoms with Gasteiger partial charge >= 0.3 is 0 Å². The van der Waals surface area contributed by atoms with Gasteiger partial charge in [0.15, 0.2) is 0 Å². The third kappa shape index (κ3) is 4.54. The molecule has 0 fully saturated rings. The maximum Gasteiger partial charge on any atom is 0.0697 e. The summed E-state index contributed by atoms with van der Waals surface area (Å²) in [6.07, 6.45) is 4.35. The lowest BCUT2D eigenvalue weighted by molar-refractivity contribution is 1.52. The molecule has 0 aliphatic heterocycles. The van der Waals surface area contributed by atoms with Crippen LogP contribution in [-0.2, 0) is 0 Å². The van der Waals surface area contributed by atoms with Crippen molar-refractivity contribution in [2.45, 2.75) is 0 Å². The van der Waals surface area contributed by atoms with Crippen LogP contribution in [0.4, 0.5) is 5.69 Å². The zero-order valence-corrected chi connectivity index (χ0v) is 19.9. The summed E-state index contributed by atoms with van der Waals surface area (Å²) in [6.45, 7) is 0. The number of rotatable bonds is 6. The summed E-state index contributed by atoms with van der Waals surface area (Å²) in [7, 11) is -2.29. The molecule has 0 N–H and O–H groups in total. The first-order valence-electron chi connectivity index (χ1n) is 11.0. The molecule has 4 aromatic carbocycles. The third-order valence-electron chi connectivity index (χ3n) is 5.55. The van der Waals surface area contributed by atoms with Crippen LogP contribution in [0.15, 0.2) is 138 Å². The molecule has 0 radical (unpaired) electrons. The summed E-state index contributed by atoms with van der Waals surface area (Å²) in [4.78, 5) is 1.24. The molecule has 0 saturated carbocycles. The molecule has 1 nitrogen and oxygen atoms in total. The monoisotopic (exact) mass is 461 g/mol. The number of hydrogen-bond donors (Lipinski definition) is 0. The molecule has 5 aromatic rings. The molecule has 1 aromatic heterocycles. The van der Waals surface area contributed by atoms with Crippen molar-refractivity contribution >= 4 is 52.1 Å². The maximum atomic E-state index is 5.66. The summed E-state index contributed by atoms with van der Waals surface area (Å²) in [6, 6.07) is 45.0. The van der Waals surface area contributed by atoms with Crippen molar-refractivity contribution < 1.29 is 0 Å². The Bertz CT molecular complexity index is 1290. The van der Waals surface area contributed by atoms with E-state index in [0.717, 1.165) is 11.3 Å². The van der Waals surface area contributed by atoms with E-state index in [9.17, 15) is 0 Å². The van der Waals surface area contributed by atoms with E-state index in [1.54, 1.807) is 11.3 Å². The van der Waals surface area contributed by atoms with Gasteiger partial charge in [-0.3, -0.25) is 4.74 Å². The topological polar surface area (TPSA) is 12.4 Å². The van der Waals surface area contributed by atoms with Gasteiger partial charge in [-0.05, 0) is 23.6 Å². The average Bonchev–Trinajstić information content (AvgIpc) is 3.42. The zero-order chi connectivity index (χ0) is 22.3. The standard InChI is InChI=1S/C30H24NPS/c1-4-14-26(15-5-1)32(27-16-6-2-7-17-27,28-18-8-3-9-19-28)31-30-21-11-10-13-25(30)22-23-29-20-12-24-33-29/h1-24H/b23-22+. The molecule has 5 rings (SSSR count). The largest absolute Gasteiger partial charge is 0.253 e. The fourth-order valence-corrected chi connectivity index (χ4v) is 8.17. The Morgan fingerprint density at radius 3 is 1.55 bits per heavy atom. The van der Waals surface area contributed by atoms with Crippen LogP contribution < -0.4 is 15.9 Å². The molecule has 0 atom stereocenters. The van der Waals surface area contributed by atoms with Crippen LogP contribution in [0.2, 0.25) is 0 Å². The first-order chi connectivity index (χ1) is 16.4. The van der Waals surface area contributed by atoms with Gasteiger partial charge in [0.25, 0.3) is 0 Å². The summed E-state index contributed by atoms with van der Waals surface area (Å²) in [5.74, 6) is 0. The molecule has 3 heteroatoms. The van der Waals surface area contributed by atoms with Gasteiger partial charge in [0, 0.05) is 26.4 Å². The van der Waals surface area contributed by atoms with E-state index < -0.39 is 7.05 Å². The number of nitrogens with zero attached hydrogens (tertiary/aromatic N) is 1. The highest BCUT2D eigenvalue weighted by Gasteiger charge is 2.27. The molecule has 0 unspecified atom stereocenters. The molecule has 0 aliphatic carbocycles. The first-order valence-corrected chi connectivity index (χ1v) is 13.6. The minimum atomic E-state index is -2.29. The molecule has 0 spiro atoms. The fourth-order valence-electron chi connectivity index (χ4n) is 3.99. The van der Waals surface area contributed by atoms with Gasteiger partial charge in [-0.1, -0.05) is 121 Å². The summed E-state index contributed by atoms with van der Waals surface area (Å²) in [5, 5.41) is 5.85. The van der Waals surface area contributed by atoms with E-state index in [2.05, 4.69) is 145 Å². The highest BCUT2D eigenvalue weighted by molar-refractivity contribution is 7.87. The van der Waals surface area contributed by atoms with E-state index in [1.165, 1.54) is 20.8 Å². The smallest absolute Gasteiger partial charge is 0.0697 e. The zero-order valence-electron chi connectivity index (χ0n) is 18.2. The highest BCUT2D eigenvalue weighted by Crippen LogP contribution is 2.49. The second kappa shape index (κ2) is 10.0. The molecule has 0 amide bonds. The number of thiophene rings is 1. The Balaban J connectivity index is 1.81. The van der Waals surface area contributed by atoms with E-state index in [-0.39, 0.29) is 0 Å². The van der Waals surface area contributed by atoms with Crippen LogP contribution in [0.5, 0.6) is 0 Å². The summed E-state index contributed by atoms with van der Waals surface area (Å²) < 4.78 is 5.66. The minimum absolute atomic E-state index is 1.01. The van der Waals surface area contributed by atoms with E-state index in [4.69, 9.17) is 4.74 Å². The summed E-state index contributed by atoms with van der Waals surface area (Å²) in [5.41, 5.74) is 2.13. The first kappa shape index (κ1) is 21.4. The van der Waals surface area contributed by atoms with Crippen LogP contribution in [0.25, 0.3) is 12.2 Å². The van der Waals surface area contributed by atoms with Crippen molar-refractivity contribution in [1.82, 2.24) is 0 Å². The SMILES string of the molecule is C(=C\c1ccccc1N=P(c1ccccc1)(c1ccccc1)c1ccccc1)/c1cccs1. The van der Waals surface area contributed by atoms with Crippen molar-refractivity contribution in [3.8, 4) is 0 Å². The van der Waals surface area contributed by atoms with Crippen LogP contribution in [-0.4, -0.2) is 0 Å². The molecule has 160 valence electrons. The van der Waals surface area contributed by atoms with Crippen molar-refractivity contribution in [3.63, 3.8) is 0 Å². The lowest BCUT2D eigenvalue weighted by atomic mass is 10.1.